The van der Waals surface area contributed by atoms with E-state index in [1.54, 1.807) is 6.08 Å². The Bertz CT molecular complexity index is 687. The molecule has 0 fully saturated rings. The smallest absolute Gasteiger partial charge is 0.131 e. The van der Waals surface area contributed by atoms with Gasteiger partial charge in [-0.1, -0.05) is 32.1 Å². The largest absolute Gasteiger partial charge is 0.384 e. The molecule has 1 aliphatic carbocycles. The molecule has 1 aromatic rings. The van der Waals surface area contributed by atoms with Gasteiger partial charge in [-0.05, 0) is 84.8 Å². The maximum absolute atomic E-state index is 14.9. The molecule has 25 heavy (non-hydrogen) atoms. The zero-order valence-electron chi connectivity index (χ0n) is 15.5. The molecule has 4 heteroatoms. The number of nitrogens with zero attached hydrogens (tertiary/aromatic N) is 1. The summed E-state index contributed by atoms with van der Waals surface area (Å²) >= 11 is 2.23. The number of aryl methyl sites for hydroxylation is 1. The summed E-state index contributed by atoms with van der Waals surface area (Å²) in [5.74, 6) is -0.172. The van der Waals surface area contributed by atoms with Crippen LogP contribution in [0, 0.1) is 3.57 Å². The summed E-state index contributed by atoms with van der Waals surface area (Å²) < 4.78 is 15.9. The van der Waals surface area contributed by atoms with Gasteiger partial charge in [0.15, 0.2) is 0 Å². The van der Waals surface area contributed by atoms with Crippen LogP contribution in [0.2, 0.25) is 0 Å². The predicted octanol–water partition coefficient (Wildman–Crippen LogP) is 5.31. The highest BCUT2D eigenvalue weighted by Gasteiger charge is 2.15. The molecule has 0 atom stereocenters. The van der Waals surface area contributed by atoms with E-state index >= 15 is 0 Å². The third-order valence-electron chi connectivity index (χ3n) is 4.82. The number of hydrogen-bond donors (Lipinski definition) is 1. The first-order chi connectivity index (χ1) is 12.0. The lowest BCUT2D eigenvalue weighted by atomic mass is 9.92. The molecule has 2 nitrogen and oxygen atoms in total. The number of allylic oxidation sites excluding steroid dienone is 2. The normalized spacial score (nSPS) is 19.7. The number of nitrogens with one attached hydrogen (secondary N) is 1. The fraction of sp³-hybridized carbons (Fsp3) is 0.429. The molecule has 0 heterocycles. The molecular weight excluding hydrogens is 426 g/mol. The van der Waals surface area contributed by atoms with Crippen LogP contribution < -0.4 is 5.32 Å². The molecule has 0 saturated heterocycles. The molecule has 0 radical (unpaired) electrons. The predicted molar refractivity (Wildman–Crippen MR) is 114 cm³/mol. The molecule has 136 valence electrons. The Kier molecular flexibility index (Phi) is 7.69. The van der Waals surface area contributed by atoms with Crippen LogP contribution in [-0.4, -0.2) is 31.1 Å². The minimum Gasteiger partial charge on any atom is -0.384 e. The van der Waals surface area contributed by atoms with Crippen molar-refractivity contribution in [1.82, 2.24) is 10.2 Å². The van der Waals surface area contributed by atoms with Gasteiger partial charge in [0.25, 0.3) is 0 Å². The molecule has 1 aliphatic rings. The number of hydrogen-bond acceptors (Lipinski definition) is 2. The van der Waals surface area contributed by atoms with E-state index in [1.165, 1.54) is 5.57 Å². The number of halogens is 2. The molecule has 0 saturated carbocycles. The minimum atomic E-state index is -0.172. The van der Waals surface area contributed by atoms with Gasteiger partial charge in [0, 0.05) is 27.9 Å². The summed E-state index contributed by atoms with van der Waals surface area (Å²) in [5, 5.41) is 3.38. The third-order valence-corrected chi connectivity index (χ3v) is 5.49. The maximum Gasteiger partial charge on any atom is 0.131 e. The Morgan fingerprint density at radius 1 is 1.28 bits per heavy atom. The SMILES string of the molecule is C=C(NCCN(CC)CC)C1=C(/C)CCc2ccc(I)cc2/C(F)=C\1. The van der Waals surface area contributed by atoms with Gasteiger partial charge in [-0.2, -0.15) is 0 Å². The second kappa shape index (κ2) is 9.53. The van der Waals surface area contributed by atoms with Gasteiger partial charge in [0.05, 0.1) is 0 Å². The van der Waals surface area contributed by atoms with Crippen molar-refractivity contribution in [1.29, 1.82) is 0 Å². The van der Waals surface area contributed by atoms with Crippen molar-refractivity contribution < 1.29 is 4.39 Å². The van der Waals surface area contributed by atoms with Crippen LogP contribution >= 0.6 is 22.6 Å². The Labute approximate surface area is 165 Å². The molecule has 1 aromatic carbocycles. The fourth-order valence-corrected chi connectivity index (χ4v) is 3.61. The monoisotopic (exact) mass is 454 g/mol. The quantitative estimate of drug-likeness (QED) is 0.562. The molecule has 0 bridgehead atoms. The third kappa shape index (κ3) is 5.42. The molecular formula is C21H28FIN2. The van der Waals surface area contributed by atoms with E-state index in [4.69, 9.17) is 0 Å². The van der Waals surface area contributed by atoms with E-state index < -0.39 is 0 Å². The second-order valence-electron chi connectivity index (χ2n) is 6.42. The van der Waals surface area contributed by atoms with E-state index in [9.17, 15) is 4.39 Å². The number of likely N-dealkylation sites (N-methyl/N-ethyl adjacent to an activating group) is 1. The summed E-state index contributed by atoms with van der Waals surface area (Å²) in [6.45, 7) is 14.4. The molecule has 0 aromatic heterocycles. The molecule has 2 rings (SSSR count). The lowest BCUT2D eigenvalue weighted by molar-refractivity contribution is 0.306. The van der Waals surface area contributed by atoms with Crippen molar-refractivity contribution in [2.75, 3.05) is 26.2 Å². The summed E-state index contributed by atoms with van der Waals surface area (Å²) in [6, 6.07) is 6.01. The first-order valence-electron chi connectivity index (χ1n) is 8.97. The maximum atomic E-state index is 14.9. The van der Waals surface area contributed by atoms with Crippen molar-refractivity contribution in [2.24, 2.45) is 0 Å². The lowest BCUT2D eigenvalue weighted by Gasteiger charge is -2.21. The summed E-state index contributed by atoms with van der Waals surface area (Å²) in [6.07, 6.45) is 3.43. The molecule has 0 amide bonds. The van der Waals surface area contributed by atoms with Gasteiger partial charge in [0.1, 0.15) is 5.83 Å². The van der Waals surface area contributed by atoms with Crippen molar-refractivity contribution in [3.8, 4) is 0 Å². The first-order valence-corrected chi connectivity index (χ1v) is 10.0. The van der Waals surface area contributed by atoms with E-state index in [-0.39, 0.29) is 5.83 Å². The number of fused-ring (bicyclic) bond motifs is 1. The van der Waals surface area contributed by atoms with Crippen LogP contribution in [0.5, 0.6) is 0 Å². The Hall–Kier alpha value is -1.14. The van der Waals surface area contributed by atoms with Gasteiger partial charge in [0.2, 0.25) is 0 Å². The number of benzene rings is 1. The second-order valence-corrected chi connectivity index (χ2v) is 7.67. The van der Waals surface area contributed by atoms with E-state index in [0.717, 1.165) is 59.4 Å². The van der Waals surface area contributed by atoms with Crippen molar-refractivity contribution in [3.63, 3.8) is 0 Å². The topological polar surface area (TPSA) is 15.3 Å². The molecule has 0 spiro atoms. The Balaban J connectivity index is 2.16. The summed E-state index contributed by atoms with van der Waals surface area (Å²) in [7, 11) is 0. The van der Waals surface area contributed by atoms with Gasteiger partial charge in [-0.25, -0.2) is 4.39 Å². The van der Waals surface area contributed by atoms with Crippen molar-refractivity contribution >= 4 is 28.4 Å². The highest BCUT2D eigenvalue weighted by molar-refractivity contribution is 14.1. The first kappa shape index (κ1) is 20.2. The van der Waals surface area contributed by atoms with Gasteiger partial charge >= 0.3 is 0 Å². The van der Waals surface area contributed by atoms with Gasteiger partial charge < -0.3 is 10.2 Å². The molecule has 0 unspecified atom stereocenters. The zero-order valence-corrected chi connectivity index (χ0v) is 17.6. The average molecular weight is 454 g/mol. The minimum absolute atomic E-state index is 0.172. The van der Waals surface area contributed by atoms with E-state index in [0.29, 0.717) is 5.56 Å². The zero-order chi connectivity index (χ0) is 18.4. The highest BCUT2D eigenvalue weighted by Crippen LogP contribution is 2.31. The molecule has 0 aliphatic heterocycles. The average Bonchev–Trinajstić information content (AvgIpc) is 2.60. The van der Waals surface area contributed by atoms with Crippen LogP contribution in [0.1, 0.15) is 38.3 Å². The van der Waals surface area contributed by atoms with E-state index in [1.807, 2.05) is 18.2 Å². The van der Waals surface area contributed by atoms with Crippen LogP contribution in [0.15, 0.2) is 47.7 Å². The van der Waals surface area contributed by atoms with Crippen molar-refractivity contribution in [2.45, 2.75) is 33.6 Å². The van der Waals surface area contributed by atoms with Gasteiger partial charge in [-0.15, -0.1) is 0 Å². The Morgan fingerprint density at radius 2 is 2.00 bits per heavy atom. The van der Waals surface area contributed by atoms with Crippen LogP contribution in [-0.2, 0) is 6.42 Å². The van der Waals surface area contributed by atoms with Gasteiger partial charge in [-0.3, -0.25) is 0 Å². The fourth-order valence-electron chi connectivity index (χ4n) is 3.12. The number of rotatable bonds is 7. The van der Waals surface area contributed by atoms with Crippen LogP contribution in [0.3, 0.4) is 0 Å². The summed E-state index contributed by atoms with van der Waals surface area (Å²) in [4.78, 5) is 2.36. The highest BCUT2D eigenvalue weighted by atomic mass is 127. The van der Waals surface area contributed by atoms with Crippen LogP contribution in [0.4, 0.5) is 4.39 Å². The molecule has 1 N–H and O–H groups in total. The van der Waals surface area contributed by atoms with Crippen LogP contribution in [0.25, 0.3) is 5.83 Å². The van der Waals surface area contributed by atoms with Crippen molar-refractivity contribution in [3.05, 3.63) is 62.4 Å². The lowest BCUT2D eigenvalue weighted by Crippen LogP contribution is -2.31. The summed E-state index contributed by atoms with van der Waals surface area (Å²) in [5.41, 5.74) is 4.69. The van der Waals surface area contributed by atoms with E-state index in [2.05, 4.69) is 60.2 Å². The standard InChI is InChI=1S/C21H28FIN2/c1-5-25(6-2)12-11-24-16(4)19-14-21(22)20-13-18(23)10-9-17(20)8-7-15(19)3/h9-10,13-14,24H,4-8,11-12H2,1-3H3/b19-15-,21-14+. The Morgan fingerprint density at radius 3 is 2.68 bits per heavy atom.